The van der Waals surface area contributed by atoms with Crippen molar-refractivity contribution in [1.82, 2.24) is 14.9 Å². The number of nitrogens with one attached hydrogen (secondary N) is 1. The number of aryl methyl sites for hydroxylation is 2. The number of rotatable bonds is 4. The van der Waals surface area contributed by atoms with Crippen molar-refractivity contribution < 1.29 is 4.79 Å². The van der Waals surface area contributed by atoms with E-state index >= 15 is 0 Å². The number of fused-ring (bicyclic) bond motifs is 3. The van der Waals surface area contributed by atoms with Gasteiger partial charge in [-0.3, -0.25) is 14.2 Å². The SMILES string of the molecule is O=C(Cn1cnc2sc3c(c2c1=O)CCCCC3)NCC1CCCCC1. The zero-order valence-corrected chi connectivity index (χ0v) is 16.1. The number of thiophene rings is 1. The van der Waals surface area contributed by atoms with Crippen molar-refractivity contribution in [2.75, 3.05) is 6.54 Å². The van der Waals surface area contributed by atoms with Crippen molar-refractivity contribution in [2.45, 2.75) is 70.8 Å². The third-order valence-corrected chi connectivity index (χ3v) is 7.02. The molecule has 2 aliphatic rings. The minimum Gasteiger partial charge on any atom is -0.354 e. The van der Waals surface area contributed by atoms with E-state index in [1.54, 1.807) is 17.7 Å². The Bertz CT molecular complexity index is 849. The van der Waals surface area contributed by atoms with Crippen molar-refractivity contribution in [3.05, 3.63) is 27.1 Å². The van der Waals surface area contributed by atoms with Gasteiger partial charge in [0.1, 0.15) is 11.4 Å². The molecule has 0 atom stereocenters. The van der Waals surface area contributed by atoms with E-state index in [9.17, 15) is 9.59 Å². The van der Waals surface area contributed by atoms with Gasteiger partial charge in [0, 0.05) is 11.4 Å². The Hall–Kier alpha value is -1.69. The Kier molecular flexibility index (Phi) is 5.38. The quantitative estimate of drug-likeness (QED) is 0.835. The predicted octanol–water partition coefficient (Wildman–Crippen LogP) is 3.42. The lowest BCUT2D eigenvalue weighted by atomic mass is 9.89. The smallest absolute Gasteiger partial charge is 0.262 e. The van der Waals surface area contributed by atoms with Gasteiger partial charge in [-0.15, -0.1) is 11.3 Å². The highest BCUT2D eigenvalue weighted by atomic mass is 32.1. The molecular weight excluding hydrogens is 346 g/mol. The second-order valence-corrected chi connectivity index (χ2v) is 8.81. The highest BCUT2D eigenvalue weighted by molar-refractivity contribution is 7.18. The lowest BCUT2D eigenvalue weighted by Gasteiger charge is -2.21. The molecular formula is C20H27N3O2S. The van der Waals surface area contributed by atoms with Gasteiger partial charge >= 0.3 is 0 Å². The molecule has 26 heavy (non-hydrogen) atoms. The summed E-state index contributed by atoms with van der Waals surface area (Å²) in [5.41, 5.74) is 1.14. The van der Waals surface area contributed by atoms with Crippen LogP contribution in [0, 0.1) is 5.92 Å². The Morgan fingerprint density at radius 3 is 2.77 bits per heavy atom. The molecule has 0 aromatic carbocycles. The van der Waals surface area contributed by atoms with E-state index in [4.69, 9.17) is 0 Å². The average Bonchev–Trinajstić information content (AvgIpc) is 2.85. The average molecular weight is 374 g/mol. The van der Waals surface area contributed by atoms with Crippen LogP contribution < -0.4 is 10.9 Å². The first-order valence-corrected chi connectivity index (χ1v) is 10.8. The van der Waals surface area contributed by atoms with Crippen LogP contribution in [0.15, 0.2) is 11.1 Å². The lowest BCUT2D eigenvalue weighted by Crippen LogP contribution is -2.35. The monoisotopic (exact) mass is 373 g/mol. The van der Waals surface area contributed by atoms with Crippen molar-refractivity contribution in [3.8, 4) is 0 Å². The molecule has 1 fully saturated rings. The van der Waals surface area contributed by atoms with Crippen LogP contribution in [-0.4, -0.2) is 22.0 Å². The van der Waals surface area contributed by atoms with Crippen LogP contribution in [0.25, 0.3) is 10.2 Å². The first kappa shape index (κ1) is 17.7. The fraction of sp³-hybridized carbons (Fsp3) is 0.650. The molecule has 2 heterocycles. The second kappa shape index (κ2) is 7.91. The van der Waals surface area contributed by atoms with Gasteiger partial charge in [-0.1, -0.05) is 25.7 Å². The van der Waals surface area contributed by atoms with E-state index < -0.39 is 0 Å². The summed E-state index contributed by atoms with van der Waals surface area (Å²) in [4.78, 5) is 31.9. The largest absolute Gasteiger partial charge is 0.354 e. The molecule has 140 valence electrons. The van der Waals surface area contributed by atoms with Crippen LogP contribution >= 0.6 is 11.3 Å². The van der Waals surface area contributed by atoms with Gasteiger partial charge in [0.25, 0.3) is 5.56 Å². The highest BCUT2D eigenvalue weighted by Crippen LogP contribution is 2.32. The molecule has 5 nitrogen and oxygen atoms in total. The summed E-state index contributed by atoms with van der Waals surface area (Å²) in [6.07, 6.45) is 13.4. The summed E-state index contributed by atoms with van der Waals surface area (Å²) in [5.74, 6) is 0.512. The maximum absolute atomic E-state index is 13.0. The van der Waals surface area contributed by atoms with E-state index in [0.717, 1.165) is 36.0 Å². The van der Waals surface area contributed by atoms with Gasteiger partial charge in [-0.05, 0) is 50.0 Å². The van der Waals surface area contributed by atoms with Crippen molar-refractivity contribution >= 4 is 27.5 Å². The Morgan fingerprint density at radius 2 is 1.92 bits per heavy atom. The molecule has 6 heteroatoms. The zero-order chi connectivity index (χ0) is 17.9. The first-order valence-electron chi connectivity index (χ1n) is 9.99. The molecule has 0 radical (unpaired) electrons. The van der Waals surface area contributed by atoms with Gasteiger partial charge in [0.05, 0.1) is 11.7 Å². The van der Waals surface area contributed by atoms with Crippen molar-refractivity contribution in [3.63, 3.8) is 0 Å². The molecule has 0 unspecified atom stereocenters. The molecule has 2 aromatic heterocycles. The summed E-state index contributed by atoms with van der Waals surface area (Å²) < 4.78 is 1.48. The summed E-state index contributed by atoms with van der Waals surface area (Å²) in [5, 5.41) is 3.78. The minimum absolute atomic E-state index is 0.0535. The third-order valence-electron chi connectivity index (χ3n) is 5.82. The van der Waals surface area contributed by atoms with Crippen LogP contribution in [-0.2, 0) is 24.2 Å². The third kappa shape index (κ3) is 3.70. The number of carbonyl (C=O) groups excluding carboxylic acids is 1. The Balaban J connectivity index is 1.49. The van der Waals surface area contributed by atoms with Gasteiger partial charge in [-0.2, -0.15) is 0 Å². The molecule has 0 bridgehead atoms. The van der Waals surface area contributed by atoms with E-state index in [1.165, 1.54) is 60.0 Å². The van der Waals surface area contributed by atoms with Crippen LogP contribution in [0.4, 0.5) is 0 Å². The Labute approximate surface area is 157 Å². The summed E-state index contributed by atoms with van der Waals surface area (Å²) in [7, 11) is 0. The van der Waals surface area contributed by atoms with E-state index in [-0.39, 0.29) is 18.0 Å². The fourth-order valence-corrected chi connectivity index (χ4v) is 5.55. The van der Waals surface area contributed by atoms with E-state index in [0.29, 0.717) is 5.92 Å². The molecule has 0 saturated heterocycles. The topological polar surface area (TPSA) is 64.0 Å². The molecule has 1 N–H and O–H groups in total. The first-order chi connectivity index (χ1) is 12.7. The Morgan fingerprint density at radius 1 is 1.15 bits per heavy atom. The number of hydrogen-bond acceptors (Lipinski definition) is 4. The zero-order valence-electron chi connectivity index (χ0n) is 15.3. The highest BCUT2D eigenvalue weighted by Gasteiger charge is 2.20. The second-order valence-electron chi connectivity index (χ2n) is 7.73. The van der Waals surface area contributed by atoms with Gasteiger partial charge < -0.3 is 5.32 Å². The molecule has 1 amide bonds. The van der Waals surface area contributed by atoms with Crippen LogP contribution in [0.1, 0.15) is 61.8 Å². The predicted molar refractivity (Wildman–Crippen MR) is 105 cm³/mol. The number of nitrogens with zero attached hydrogens (tertiary/aromatic N) is 2. The maximum atomic E-state index is 13.0. The van der Waals surface area contributed by atoms with Crippen molar-refractivity contribution in [2.24, 2.45) is 5.92 Å². The van der Waals surface area contributed by atoms with E-state index in [2.05, 4.69) is 10.3 Å². The standard InChI is InChI=1S/C20H27N3O2S/c24-17(21-11-14-7-3-1-4-8-14)12-23-13-22-19-18(20(23)25)15-9-5-2-6-10-16(15)26-19/h13-14H,1-12H2,(H,21,24). The lowest BCUT2D eigenvalue weighted by molar-refractivity contribution is -0.121. The van der Waals surface area contributed by atoms with Crippen LogP contribution in [0.3, 0.4) is 0 Å². The van der Waals surface area contributed by atoms with Gasteiger partial charge in [0.2, 0.25) is 5.91 Å². The van der Waals surface area contributed by atoms with Gasteiger partial charge in [0.15, 0.2) is 0 Å². The maximum Gasteiger partial charge on any atom is 0.262 e. The minimum atomic E-state index is -0.0832. The number of carbonyl (C=O) groups is 1. The van der Waals surface area contributed by atoms with Gasteiger partial charge in [-0.25, -0.2) is 4.98 Å². The normalized spacial score (nSPS) is 18.5. The molecule has 0 aliphatic heterocycles. The van der Waals surface area contributed by atoms with E-state index in [1.807, 2.05) is 0 Å². The number of hydrogen-bond donors (Lipinski definition) is 1. The molecule has 4 rings (SSSR count). The summed E-state index contributed by atoms with van der Waals surface area (Å²) in [6, 6.07) is 0. The fourth-order valence-electron chi connectivity index (χ4n) is 4.33. The molecule has 0 spiro atoms. The van der Waals surface area contributed by atoms with Crippen LogP contribution in [0.5, 0.6) is 0 Å². The number of aromatic nitrogens is 2. The summed E-state index contributed by atoms with van der Waals surface area (Å²) in [6.45, 7) is 0.802. The molecule has 2 aromatic rings. The molecule has 2 aliphatic carbocycles. The molecule has 1 saturated carbocycles. The van der Waals surface area contributed by atoms with Crippen LogP contribution in [0.2, 0.25) is 0 Å². The summed E-state index contributed by atoms with van der Waals surface area (Å²) >= 11 is 1.66. The number of amides is 1. The van der Waals surface area contributed by atoms with Crippen molar-refractivity contribution in [1.29, 1.82) is 0 Å².